The first-order valence-electron chi connectivity index (χ1n) is 9.97. The Hall–Kier alpha value is -2.06. The number of aryl methyl sites for hydroxylation is 1. The van der Waals surface area contributed by atoms with Gasteiger partial charge >= 0.3 is 0 Å². The quantitative estimate of drug-likeness (QED) is 0.267. The SMILES string of the molecule is Cc1ccc(COc2c(Br)cc(/C=C3\SC(=O)N(Cc4cccc(Cl)c4)C3=O)cc2Br)cc1. The van der Waals surface area contributed by atoms with E-state index in [4.69, 9.17) is 16.3 Å². The lowest BCUT2D eigenvalue weighted by Crippen LogP contribution is -2.27. The number of hydrogen-bond acceptors (Lipinski definition) is 4. The highest BCUT2D eigenvalue weighted by molar-refractivity contribution is 9.11. The summed E-state index contributed by atoms with van der Waals surface area (Å²) in [6.45, 7) is 2.66. The van der Waals surface area contributed by atoms with Crippen LogP contribution in [-0.2, 0) is 17.9 Å². The maximum Gasteiger partial charge on any atom is 0.293 e. The summed E-state index contributed by atoms with van der Waals surface area (Å²) in [5.74, 6) is 0.346. The molecule has 0 N–H and O–H groups in total. The second-order valence-corrected chi connectivity index (χ2v) is 10.6. The monoisotopic (exact) mass is 605 g/mol. The van der Waals surface area contributed by atoms with Crippen LogP contribution in [0.1, 0.15) is 22.3 Å². The van der Waals surface area contributed by atoms with E-state index in [-0.39, 0.29) is 17.7 Å². The zero-order valence-corrected chi connectivity index (χ0v) is 22.2. The molecule has 0 bridgehead atoms. The second kappa shape index (κ2) is 10.5. The Balaban J connectivity index is 1.49. The minimum atomic E-state index is -0.322. The number of thioether (sulfide) groups is 1. The Morgan fingerprint density at radius 3 is 2.36 bits per heavy atom. The van der Waals surface area contributed by atoms with Crippen molar-refractivity contribution in [3.8, 4) is 5.75 Å². The van der Waals surface area contributed by atoms with E-state index in [0.29, 0.717) is 22.3 Å². The molecular formula is C25H18Br2ClNO3S. The molecule has 0 unspecified atom stereocenters. The van der Waals surface area contributed by atoms with Crippen LogP contribution in [0.5, 0.6) is 5.75 Å². The van der Waals surface area contributed by atoms with Gasteiger partial charge in [-0.3, -0.25) is 14.5 Å². The van der Waals surface area contributed by atoms with Crippen molar-refractivity contribution in [3.05, 3.63) is 102 Å². The number of nitrogens with zero attached hydrogens (tertiary/aromatic N) is 1. The van der Waals surface area contributed by atoms with Crippen molar-refractivity contribution < 1.29 is 14.3 Å². The van der Waals surface area contributed by atoms with Crippen LogP contribution in [0.3, 0.4) is 0 Å². The molecule has 1 saturated heterocycles. The van der Waals surface area contributed by atoms with E-state index in [1.807, 2.05) is 49.4 Å². The van der Waals surface area contributed by atoms with Crippen molar-refractivity contribution in [2.45, 2.75) is 20.1 Å². The van der Waals surface area contributed by atoms with Crippen molar-refractivity contribution in [3.63, 3.8) is 0 Å². The third-order valence-corrected chi connectivity index (χ3v) is 7.25. The lowest BCUT2D eigenvalue weighted by Gasteiger charge is -2.13. The summed E-state index contributed by atoms with van der Waals surface area (Å²) in [5.41, 5.74) is 3.83. The fraction of sp³-hybridized carbons (Fsp3) is 0.120. The molecule has 0 saturated carbocycles. The summed E-state index contributed by atoms with van der Waals surface area (Å²) in [6, 6.07) is 19.0. The minimum absolute atomic E-state index is 0.182. The van der Waals surface area contributed by atoms with Gasteiger partial charge in [-0.2, -0.15) is 0 Å². The molecular weight excluding hydrogens is 590 g/mol. The van der Waals surface area contributed by atoms with E-state index < -0.39 is 0 Å². The molecule has 4 nitrogen and oxygen atoms in total. The van der Waals surface area contributed by atoms with E-state index in [0.717, 1.165) is 37.4 Å². The molecule has 3 aromatic carbocycles. The molecule has 168 valence electrons. The average Bonchev–Trinajstić information content (AvgIpc) is 3.02. The first-order chi connectivity index (χ1) is 15.8. The Morgan fingerprint density at radius 1 is 1.00 bits per heavy atom. The maximum atomic E-state index is 12.9. The fourth-order valence-corrected chi connectivity index (χ4v) is 5.75. The van der Waals surface area contributed by atoms with Gasteiger partial charge in [0, 0.05) is 5.02 Å². The highest BCUT2D eigenvalue weighted by atomic mass is 79.9. The Kier molecular flexibility index (Phi) is 7.64. The summed E-state index contributed by atoms with van der Waals surface area (Å²) >= 11 is 14.1. The number of carbonyl (C=O) groups is 2. The lowest BCUT2D eigenvalue weighted by atomic mass is 10.1. The fourth-order valence-electron chi connectivity index (χ4n) is 3.25. The van der Waals surface area contributed by atoms with Crippen LogP contribution in [0.2, 0.25) is 5.02 Å². The van der Waals surface area contributed by atoms with E-state index in [2.05, 4.69) is 31.9 Å². The second-order valence-electron chi connectivity index (χ2n) is 7.49. The van der Waals surface area contributed by atoms with E-state index >= 15 is 0 Å². The summed E-state index contributed by atoms with van der Waals surface area (Å²) in [6.07, 6.45) is 1.71. The van der Waals surface area contributed by atoms with Crippen LogP contribution >= 0.6 is 55.2 Å². The third kappa shape index (κ3) is 5.90. The van der Waals surface area contributed by atoms with Gasteiger partial charge in [0.05, 0.1) is 20.4 Å². The van der Waals surface area contributed by atoms with Crippen LogP contribution in [0.4, 0.5) is 4.79 Å². The van der Waals surface area contributed by atoms with Crippen molar-refractivity contribution in [2.24, 2.45) is 0 Å². The molecule has 33 heavy (non-hydrogen) atoms. The zero-order valence-electron chi connectivity index (χ0n) is 17.5. The van der Waals surface area contributed by atoms with Crippen LogP contribution in [0.25, 0.3) is 6.08 Å². The number of benzene rings is 3. The first-order valence-corrected chi connectivity index (χ1v) is 12.8. The summed E-state index contributed by atoms with van der Waals surface area (Å²) in [5, 5.41) is 0.261. The Bertz CT molecular complexity index is 1240. The molecule has 0 aliphatic carbocycles. The van der Waals surface area contributed by atoms with E-state index in [1.54, 1.807) is 24.3 Å². The topological polar surface area (TPSA) is 46.6 Å². The Morgan fingerprint density at radius 2 is 1.70 bits per heavy atom. The molecule has 0 aromatic heterocycles. The normalized spacial score (nSPS) is 14.9. The molecule has 1 aliphatic rings. The molecule has 1 heterocycles. The first kappa shape index (κ1) is 24.1. The standard InChI is InChI=1S/C25H18Br2ClNO3S/c1-15-5-7-16(8-6-15)14-32-23-20(26)10-18(11-21(23)27)12-22-24(30)29(25(31)33-22)13-17-3-2-4-19(28)9-17/h2-12H,13-14H2,1H3/b22-12-. The lowest BCUT2D eigenvalue weighted by molar-refractivity contribution is -0.123. The van der Waals surface area contributed by atoms with Gasteiger partial charge in [-0.25, -0.2) is 0 Å². The van der Waals surface area contributed by atoms with Gasteiger partial charge in [0.15, 0.2) is 0 Å². The highest BCUT2D eigenvalue weighted by Gasteiger charge is 2.35. The number of imide groups is 1. The predicted octanol–water partition coefficient (Wildman–Crippen LogP) is 7.99. The van der Waals surface area contributed by atoms with Crippen LogP contribution in [0.15, 0.2) is 74.5 Å². The van der Waals surface area contributed by atoms with Crippen molar-refractivity contribution in [1.82, 2.24) is 4.90 Å². The molecule has 0 spiro atoms. The molecule has 1 aliphatic heterocycles. The smallest absolute Gasteiger partial charge is 0.293 e. The maximum absolute atomic E-state index is 12.9. The summed E-state index contributed by atoms with van der Waals surface area (Å²) in [7, 11) is 0. The largest absolute Gasteiger partial charge is 0.487 e. The molecule has 1 fully saturated rings. The molecule has 4 rings (SSSR count). The predicted molar refractivity (Wildman–Crippen MR) is 140 cm³/mol. The van der Waals surface area contributed by atoms with Gasteiger partial charge < -0.3 is 4.74 Å². The van der Waals surface area contributed by atoms with Gasteiger partial charge in [0.2, 0.25) is 0 Å². The van der Waals surface area contributed by atoms with Gasteiger partial charge in [-0.15, -0.1) is 0 Å². The van der Waals surface area contributed by atoms with Crippen molar-refractivity contribution >= 4 is 72.4 Å². The number of amides is 2. The number of halogens is 3. The van der Waals surface area contributed by atoms with Gasteiger partial charge in [0.1, 0.15) is 12.4 Å². The molecule has 8 heteroatoms. The minimum Gasteiger partial charge on any atom is -0.487 e. The average molecular weight is 608 g/mol. The zero-order chi connectivity index (χ0) is 23.5. The molecule has 2 amide bonds. The van der Waals surface area contributed by atoms with Crippen LogP contribution in [-0.4, -0.2) is 16.0 Å². The van der Waals surface area contributed by atoms with Gasteiger partial charge in [-0.1, -0.05) is 53.6 Å². The molecule has 0 radical (unpaired) electrons. The van der Waals surface area contributed by atoms with Crippen molar-refractivity contribution in [2.75, 3.05) is 0 Å². The molecule has 3 aromatic rings. The highest BCUT2D eigenvalue weighted by Crippen LogP contribution is 2.38. The number of carbonyl (C=O) groups excluding carboxylic acids is 2. The van der Waals surface area contributed by atoms with E-state index in [1.165, 1.54) is 10.5 Å². The number of ether oxygens (including phenoxy) is 1. The summed E-state index contributed by atoms with van der Waals surface area (Å²) in [4.78, 5) is 26.9. The Labute approximate surface area is 218 Å². The molecule has 0 atom stereocenters. The van der Waals surface area contributed by atoms with Crippen LogP contribution < -0.4 is 4.74 Å². The summed E-state index contributed by atoms with van der Waals surface area (Å²) < 4.78 is 7.48. The van der Waals surface area contributed by atoms with Crippen LogP contribution in [0, 0.1) is 6.92 Å². The van der Waals surface area contributed by atoms with Gasteiger partial charge in [0.25, 0.3) is 11.1 Å². The van der Waals surface area contributed by atoms with Gasteiger partial charge in [-0.05, 0) is 97.6 Å². The third-order valence-electron chi connectivity index (χ3n) is 4.93. The number of hydrogen-bond donors (Lipinski definition) is 0. The van der Waals surface area contributed by atoms with Crippen molar-refractivity contribution in [1.29, 1.82) is 0 Å². The van der Waals surface area contributed by atoms with E-state index in [9.17, 15) is 9.59 Å². The number of rotatable bonds is 6.